The van der Waals surface area contributed by atoms with E-state index in [2.05, 4.69) is 4.74 Å². The molecule has 5 heteroatoms. The molecule has 0 aliphatic heterocycles. The van der Waals surface area contributed by atoms with Gasteiger partial charge in [-0.3, -0.25) is 0 Å². The summed E-state index contributed by atoms with van der Waals surface area (Å²) >= 11 is 0. The largest absolute Gasteiger partial charge is 0.488 e. The average Bonchev–Trinajstić information content (AvgIpc) is 2.09. The van der Waals surface area contributed by atoms with E-state index in [0.717, 1.165) is 0 Å². The van der Waals surface area contributed by atoms with Gasteiger partial charge >= 0.3 is 0 Å². The van der Waals surface area contributed by atoms with Gasteiger partial charge in [-0.25, -0.2) is 17.6 Å². The number of benzene rings is 1. The lowest BCUT2D eigenvalue weighted by molar-refractivity contribution is 0.260. The van der Waals surface area contributed by atoms with Gasteiger partial charge in [-0.05, 0) is 0 Å². The maximum absolute atomic E-state index is 12.7. The molecule has 0 saturated carbocycles. The summed E-state index contributed by atoms with van der Waals surface area (Å²) in [7, 11) is 0. The molecular formula is C8H6F4O. The molecule has 1 rings (SSSR count). The molecule has 0 N–H and O–H groups in total. The molecule has 72 valence electrons. The van der Waals surface area contributed by atoms with Crippen LogP contribution in [0.1, 0.15) is 0 Å². The molecule has 0 fully saturated rings. The van der Waals surface area contributed by atoms with E-state index in [1.54, 1.807) is 0 Å². The zero-order valence-electron chi connectivity index (χ0n) is 6.49. The first-order chi connectivity index (χ1) is 6.15. The molecule has 1 aromatic rings. The molecule has 0 spiro atoms. The highest BCUT2D eigenvalue weighted by molar-refractivity contribution is 5.25. The van der Waals surface area contributed by atoms with Crippen molar-refractivity contribution in [3.05, 3.63) is 29.6 Å². The SMILES string of the molecule is FCCOc1cc(F)c(F)cc1F. The highest BCUT2D eigenvalue weighted by Gasteiger charge is 2.10. The summed E-state index contributed by atoms with van der Waals surface area (Å²) in [6.07, 6.45) is 0. The van der Waals surface area contributed by atoms with Crippen LogP contribution in [0.15, 0.2) is 12.1 Å². The molecule has 0 radical (unpaired) electrons. The van der Waals surface area contributed by atoms with Crippen LogP contribution in [0.2, 0.25) is 0 Å². The summed E-state index contributed by atoms with van der Waals surface area (Å²) in [4.78, 5) is 0. The predicted molar refractivity (Wildman–Crippen MR) is 37.8 cm³/mol. The van der Waals surface area contributed by atoms with Crippen molar-refractivity contribution in [3.8, 4) is 5.75 Å². The number of halogens is 4. The lowest BCUT2D eigenvalue weighted by atomic mass is 10.3. The Bertz CT molecular complexity index is 300. The molecule has 0 aliphatic carbocycles. The van der Waals surface area contributed by atoms with E-state index in [4.69, 9.17) is 0 Å². The zero-order valence-corrected chi connectivity index (χ0v) is 6.49. The van der Waals surface area contributed by atoms with Crippen molar-refractivity contribution in [1.29, 1.82) is 0 Å². The van der Waals surface area contributed by atoms with E-state index in [1.807, 2.05) is 0 Å². The first-order valence-corrected chi connectivity index (χ1v) is 3.48. The monoisotopic (exact) mass is 194 g/mol. The third-order valence-corrected chi connectivity index (χ3v) is 1.31. The highest BCUT2D eigenvalue weighted by atomic mass is 19.2. The van der Waals surface area contributed by atoms with Gasteiger partial charge in [-0.1, -0.05) is 0 Å². The van der Waals surface area contributed by atoms with Crippen LogP contribution in [0.5, 0.6) is 5.75 Å². The molecule has 0 unspecified atom stereocenters. The number of rotatable bonds is 3. The number of hydrogen-bond acceptors (Lipinski definition) is 1. The van der Waals surface area contributed by atoms with Crippen molar-refractivity contribution in [1.82, 2.24) is 0 Å². The van der Waals surface area contributed by atoms with Crippen molar-refractivity contribution in [3.63, 3.8) is 0 Å². The normalized spacial score (nSPS) is 10.2. The molecule has 1 nitrogen and oxygen atoms in total. The maximum atomic E-state index is 12.7. The third-order valence-electron chi connectivity index (χ3n) is 1.31. The Morgan fingerprint density at radius 2 is 1.62 bits per heavy atom. The van der Waals surface area contributed by atoms with Crippen LogP contribution < -0.4 is 4.74 Å². The Morgan fingerprint density at radius 3 is 2.23 bits per heavy atom. The molecule has 0 heterocycles. The molecule has 0 aromatic heterocycles. The standard InChI is InChI=1S/C8H6F4O/c9-1-2-13-8-4-6(11)5(10)3-7(8)12/h3-4H,1-2H2. The van der Waals surface area contributed by atoms with Crippen LogP contribution in [-0.4, -0.2) is 13.3 Å². The van der Waals surface area contributed by atoms with E-state index < -0.39 is 29.9 Å². The summed E-state index contributed by atoms with van der Waals surface area (Å²) in [5.41, 5.74) is 0. The Labute approximate surface area is 71.9 Å². The van der Waals surface area contributed by atoms with Gasteiger partial charge in [0.05, 0.1) is 0 Å². The Balaban J connectivity index is 2.88. The van der Waals surface area contributed by atoms with Crippen molar-refractivity contribution >= 4 is 0 Å². The Morgan fingerprint density at radius 1 is 1.00 bits per heavy atom. The fraction of sp³-hybridized carbons (Fsp3) is 0.250. The number of ether oxygens (including phenoxy) is 1. The minimum Gasteiger partial charge on any atom is -0.488 e. The quantitative estimate of drug-likeness (QED) is 0.530. The van der Waals surface area contributed by atoms with Gasteiger partial charge in [0.1, 0.15) is 13.3 Å². The van der Waals surface area contributed by atoms with E-state index in [1.165, 1.54) is 0 Å². The van der Waals surface area contributed by atoms with Gasteiger partial charge in [-0.15, -0.1) is 0 Å². The number of alkyl halides is 1. The van der Waals surface area contributed by atoms with Gasteiger partial charge in [0.15, 0.2) is 23.2 Å². The van der Waals surface area contributed by atoms with Crippen LogP contribution >= 0.6 is 0 Å². The molecule has 0 aliphatic rings. The Hall–Kier alpha value is -1.26. The minimum absolute atomic E-state index is 0.350. The molecular weight excluding hydrogens is 188 g/mol. The minimum atomic E-state index is -1.30. The second kappa shape index (κ2) is 4.11. The Kier molecular flexibility index (Phi) is 3.11. The maximum Gasteiger partial charge on any atom is 0.168 e. The van der Waals surface area contributed by atoms with Gasteiger partial charge in [0.2, 0.25) is 0 Å². The smallest absolute Gasteiger partial charge is 0.168 e. The lowest BCUT2D eigenvalue weighted by Crippen LogP contribution is -2.01. The first kappa shape index (κ1) is 9.83. The zero-order chi connectivity index (χ0) is 9.84. The molecule has 1 aromatic carbocycles. The number of hydrogen-bond donors (Lipinski definition) is 0. The van der Waals surface area contributed by atoms with Crippen molar-refractivity contribution < 1.29 is 22.3 Å². The molecule has 0 bridgehead atoms. The average molecular weight is 194 g/mol. The highest BCUT2D eigenvalue weighted by Crippen LogP contribution is 2.20. The van der Waals surface area contributed by atoms with Gasteiger partial charge in [0, 0.05) is 12.1 Å². The van der Waals surface area contributed by atoms with Crippen LogP contribution in [0.3, 0.4) is 0 Å². The van der Waals surface area contributed by atoms with Crippen molar-refractivity contribution in [2.24, 2.45) is 0 Å². The van der Waals surface area contributed by atoms with Crippen LogP contribution in [-0.2, 0) is 0 Å². The van der Waals surface area contributed by atoms with Crippen LogP contribution in [0.4, 0.5) is 17.6 Å². The summed E-state index contributed by atoms with van der Waals surface area (Å²) in [5.74, 6) is -4.07. The first-order valence-electron chi connectivity index (χ1n) is 3.48. The molecule has 0 amide bonds. The fourth-order valence-electron chi connectivity index (χ4n) is 0.763. The van der Waals surface area contributed by atoms with E-state index >= 15 is 0 Å². The van der Waals surface area contributed by atoms with Gasteiger partial charge < -0.3 is 4.74 Å². The van der Waals surface area contributed by atoms with Crippen molar-refractivity contribution in [2.45, 2.75) is 0 Å². The second-order valence-corrected chi connectivity index (χ2v) is 2.23. The summed E-state index contributed by atoms with van der Waals surface area (Å²) in [6.45, 7) is -1.21. The fourth-order valence-corrected chi connectivity index (χ4v) is 0.763. The summed E-state index contributed by atoms with van der Waals surface area (Å²) in [6, 6.07) is 0.892. The van der Waals surface area contributed by atoms with Gasteiger partial charge in [-0.2, -0.15) is 0 Å². The van der Waals surface area contributed by atoms with Crippen LogP contribution in [0, 0.1) is 17.5 Å². The molecule has 0 saturated heterocycles. The van der Waals surface area contributed by atoms with Crippen LogP contribution in [0.25, 0.3) is 0 Å². The molecule has 0 atom stereocenters. The summed E-state index contributed by atoms with van der Waals surface area (Å²) in [5, 5.41) is 0. The van der Waals surface area contributed by atoms with E-state index in [9.17, 15) is 17.6 Å². The topological polar surface area (TPSA) is 9.23 Å². The van der Waals surface area contributed by atoms with Gasteiger partial charge in [0.25, 0.3) is 0 Å². The summed E-state index contributed by atoms with van der Waals surface area (Å²) < 4.78 is 53.5. The predicted octanol–water partition coefficient (Wildman–Crippen LogP) is 2.45. The van der Waals surface area contributed by atoms with Crippen molar-refractivity contribution in [2.75, 3.05) is 13.3 Å². The third kappa shape index (κ3) is 2.34. The lowest BCUT2D eigenvalue weighted by Gasteiger charge is -2.04. The van der Waals surface area contributed by atoms with E-state index in [0.29, 0.717) is 12.1 Å². The second-order valence-electron chi connectivity index (χ2n) is 2.23. The molecule has 13 heavy (non-hydrogen) atoms. The van der Waals surface area contributed by atoms with E-state index in [-0.39, 0.29) is 6.61 Å².